The monoisotopic (exact) mass is 320 g/mol. The van der Waals surface area contributed by atoms with Crippen molar-refractivity contribution in [1.29, 1.82) is 5.26 Å². The first-order valence-corrected chi connectivity index (χ1v) is 6.72. The fourth-order valence-corrected chi connectivity index (χ4v) is 2.04. The van der Waals surface area contributed by atoms with Crippen molar-refractivity contribution < 1.29 is 9.53 Å². The second kappa shape index (κ2) is 6.98. The molecule has 2 aromatic carbocycles. The summed E-state index contributed by atoms with van der Waals surface area (Å²) in [6, 6.07) is 13.3. The molecule has 21 heavy (non-hydrogen) atoms. The van der Waals surface area contributed by atoms with Crippen molar-refractivity contribution in [3.05, 3.63) is 58.1 Å². The summed E-state index contributed by atoms with van der Waals surface area (Å²) in [4.78, 5) is 12.2. The van der Waals surface area contributed by atoms with Crippen LogP contribution >= 0.6 is 23.2 Å². The molecule has 0 unspecified atom stereocenters. The summed E-state index contributed by atoms with van der Waals surface area (Å²) in [7, 11) is 0. The highest BCUT2D eigenvalue weighted by molar-refractivity contribution is 6.36. The van der Waals surface area contributed by atoms with Crippen LogP contribution in [0.25, 0.3) is 0 Å². The second-order valence-electron chi connectivity index (χ2n) is 4.02. The summed E-state index contributed by atoms with van der Waals surface area (Å²) < 4.78 is 5.24. The third-order valence-electron chi connectivity index (χ3n) is 2.60. The lowest BCUT2D eigenvalue weighted by molar-refractivity contribution is 0.102. The van der Waals surface area contributed by atoms with E-state index in [0.29, 0.717) is 21.5 Å². The number of nitrogens with zero attached hydrogens (tertiary/aromatic N) is 1. The lowest BCUT2D eigenvalue weighted by Gasteiger charge is -2.11. The number of hydrogen-bond donors (Lipinski definition) is 1. The number of rotatable bonds is 4. The Morgan fingerprint density at radius 1 is 1.24 bits per heavy atom. The minimum atomic E-state index is -0.407. The van der Waals surface area contributed by atoms with Crippen molar-refractivity contribution in [2.24, 2.45) is 0 Å². The molecule has 0 heterocycles. The molecule has 1 amide bonds. The van der Waals surface area contributed by atoms with Crippen LogP contribution in [0.15, 0.2) is 42.5 Å². The van der Waals surface area contributed by atoms with Gasteiger partial charge in [0.1, 0.15) is 11.8 Å². The van der Waals surface area contributed by atoms with Crippen LogP contribution in [0.4, 0.5) is 5.69 Å². The van der Waals surface area contributed by atoms with E-state index in [0.717, 1.165) is 0 Å². The number of halogens is 2. The Balaban J connectivity index is 2.24. The molecule has 2 aromatic rings. The number of para-hydroxylation sites is 2. The summed E-state index contributed by atoms with van der Waals surface area (Å²) in [5.74, 6) is 0.000980. The topological polar surface area (TPSA) is 62.1 Å². The van der Waals surface area contributed by atoms with E-state index in [-0.39, 0.29) is 12.2 Å². The number of ether oxygens (including phenoxy) is 1. The third kappa shape index (κ3) is 3.88. The van der Waals surface area contributed by atoms with Crippen LogP contribution in [-0.4, -0.2) is 12.5 Å². The first kappa shape index (κ1) is 15.2. The van der Waals surface area contributed by atoms with Crippen molar-refractivity contribution in [3.63, 3.8) is 0 Å². The highest BCUT2D eigenvalue weighted by atomic mass is 35.5. The molecule has 0 aliphatic rings. The Morgan fingerprint density at radius 3 is 2.76 bits per heavy atom. The summed E-state index contributed by atoms with van der Waals surface area (Å²) >= 11 is 11.9. The largest absolute Gasteiger partial charge is 0.477 e. The van der Waals surface area contributed by atoms with Gasteiger partial charge in [-0.1, -0.05) is 35.3 Å². The molecule has 2 rings (SSSR count). The van der Waals surface area contributed by atoms with Crippen LogP contribution < -0.4 is 10.1 Å². The number of carbonyl (C=O) groups is 1. The second-order valence-corrected chi connectivity index (χ2v) is 4.86. The van der Waals surface area contributed by atoms with Crippen molar-refractivity contribution in [2.75, 3.05) is 11.9 Å². The molecule has 0 saturated heterocycles. The number of nitriles is 1. The lowest BCUT2D eigenvalue weighted by atomic mass is 10.2. The van der Waals surface area contributed by atoms with Crippen LogP contribution in [0.1, 0.15) is 10.4 Å². The number of amides is 1. The molecule has 4 nitrogen and oxygen atoms in total. The van der Waals surface area contributed by atoms with Crippen molar-refractivity contribution >= 4 is 34.8 Å². The molecule has 0 aliphatic heterocycles. The van der Waals surface area contributed by atoms with Gasteiger partial charge in [0, 0.05) is 5.02 Å². The van der Waals surface area contributed by atoms with Crippen molar-refractivity contribution in [3.8, 4) is 11.8 Å². The van der Waals surface area contributed by atoms with E-state index in [1.165, 1.54) is 6.07 Å². The molecule has 0 saturated carbocycles. The Bertz CT molecular complexity index is 711. The van der Waals surface area contributed by atoms with Gasteiger partial charge in [0.25, 0.3) is 5.91 Å². The Morgan fingerprint density at radius 2 is 2.00 bits per heavy atom. The molecule has 0 radical (unpaired) electrons. The fraction of sp³-hybridized carbons (Fsp3) is 0.0667. The Hall–Kier alpha value is -2.22. The zero-order chi connectivity index (χ0) is 15.2. The summed E-state index contributed by atoms with van der Waals surface area (Å²) in [5.41, 5.74) is 0.716. The lowest BCUT2D eigenvalue weighted by Crippen LogP contribution is -2.13. The zero-order valence-corrected chi connectivity index (χ0v) is 12.3. The van der Waals surface area contributed by atoms with E-state index < -0.39 is 5.91 Å². The van der Waals surface area contributed by atoms with E-state index >= 15 is 0 Å². The van der Waals surface area contributed by atoms with Gasteiger partial charge in [-0.25, -0.2) is 0 Å². The first-order valence-electron chi connectivity index (χ1n) is 5.97. The summed E-state index contributed by atoms with van der Waals surface area (Å²) in [6.07, 6.45) is 0. The van der Waals surface area contributed by atoms with Crippen LogP contribution in [0, 0.1) is 11.3 Å². The molecule has 0 atom stereocenters. The normalized spacial score (nSPS) is 9.76. The van der Waals surface area contributed by atoms with Crippen molar-refractivity contribution in [2.45, 2.75) is 0 Å². The Kier molecular flexibility index (Phi) is 5.04. The van der Waals surface area contributed by atoms with E-state index in [2.05, 4.69) is 5.32 Å². The molecular weight excluding hydrogens is 311 g/mol. The van der Waals surface area contributed by atoms with Gasteiger partial charge in [0.2, 0.25) is 0 Å². The quantitative estimate of drug-likeness (QED) is 0.920. The standard InChI is InChI=1S/C15H10Cl2N2O2/c16-10-5-6-12(17)11(9-10)15(20)19-13-3-1-2-4-14(13)21-8-7-18/h1-6,9H,8H2,(H,19,20). The number of anilines is 1. The average Bonchev–Trinajstić information content (AvgIpc) is 2.48. The highest BCUT2D eigenvalue weighted by Crippen LogP contribution is 2.26. The van der Waals surface area contributed by atoms with E-state index in [1.807, 2.05) is 6.07 Å². The van der Waals surface area contributed by atoms with Gasteiger partial charge in [-0.05, 0) is 30.3 Å². The molecule has 1 N–H and O–H groups in total. The first-order chi connectivity index (χ1) is 10.1. The molecule has 0 spiro atoms. The van der Waals surface area contributed by atoms with Crippen LogP contribution in [-0.2, 0) is 0 Å². The maximum Gasteiger partial charge on any atom is 0.257 e. The Labute approximate surface area is 131 Å². The minimum absolute atomic E-state index is 0.106. The maximum absolute atomic E-state index is 12.2. The maximum atomic E-state index is 12.2. The van der Waals surface area contributed by atoms with Crippen LogP contribution in [0.3, 0.4) is 0 Å². The molecule has 0 fully saturated rings. The van der Waals surface area contributed by atoms with Gasteiger partial charge in [-0.3, -0.25) is 4.79 Å². The highest BCUT2D eigenvalue weighted by Gasteiger charge is 2.13. The number of nitrogens with one attached hydrogen (secondary N) is 1. The third-order valence-corrected chi connectivity index (χ3v) is 3.17. The van der Waals surface area contributed by atoms with Crippen LogP contribution in [0.2, 0.25) is 10.0 Å². The van der Waals surface area contributed by atoms with Crippen LogP contribution in [0.5, 0.6) is 5.75 Å². The number of benzene rings is 2. The SMILES string of the molecule is N#CCOc1ccccc1NC(=O)c1cc(Cl)ccc1Cl. The van der Waals surface area contributed by atoms with Gasteiger partial charge >= 0.3 is 0 Å². The molecule has 106 valence electrons. The van der Waals surface area contributed by atoms with Gasteiger partial charge in [0.05, 0.1) is 16.3 Å². The predicted molar refractivity (Wildman–Crippen MR) is 82.0 cm³/mol. The molecule has 0 bridgehead atoms. The summed E-state index contributed by atoms with van der Waals surface area (Å²) in [6.45, 7) is -0.106. The van der Waals surface area contributed by atoms with Gasteiger partial charge in [-0.2, -0.15) is 5.26 Å². The smallest absolute Gasteiger partial charge is 0.257 e. The average molecular weight is 321 g/mol. The number of hydrogen-bond acceptors (Lipinski definition) is 3. The van der Waals surface area contributed by atoms with Gasteiger partial charge in [0.15, 0.2) is 6.61 Å². The van der Waals surface area contributed by atoms with E-state index in [4.69, 9.17) is 33.2 Å². The fourth-order valence-electron chi connectivity index (χ4n) is 1.67. The molecular formula is C15H10Cl2N2O2. The van der Waals surface area contributed by atoms with E-state index in [9.17, 15) is 4.79 Å². The predicted octanol–water partition coefficient (Wildman–Crippen LogP) is 4.15. The molecule has 0 aliphatic carbocycles. The summed E-state index contributed by atoms with van der Waals surface area (Å²) in [5, 5.41) is 12.0. The van der Waals surface area contributed by atoms with Gasteiger partial charge in [-0.15, -0.1) is 0 Å². The van der Waals surface area contributed by atoms with Gasteiger partial charge < -0.3 is 10.1 Å². The van der Waals surface area contributed by atoms with Crippen molar-refractivity contribution in [1.82, 2.24) is 0 Å². The number of carbonyl (C=O) groups excluding carboxylic acids is 1. The zero-order valence-electron chi connectivity index (χ0n) is 10.8. The van der Waals surface area contributed by atoms with E-state index in [1.54, 1.807) is 36.4 Å². The molecule has 6 heteroatoms. The molecule has 0 aromatic heterocycles. The minimum Gasteiger partial charge on any atom is -0.477 e.